The molecule has 10 aromatic heterocycles. The lowest BCUT2D eigenvalue weighted by Crippen LogP contribution is -2.38. The molecule has 1 saturated heterocycles. The van der Waals surface area contributed by atoms with Gasteiger partial charge in [0.25, 0.3) is 5.91 Å². The van der Waals surface area contributed by atoms with Crippen molar-refractivity contribution in [1.82, 2.24) is 78.7 Å². The van der Waals surface area contributed by atoms with Crippen molar-refractivity contribution < 1.29 is 32.3 Å². The number of rotatable bonds is 11. The zero-order valence-corrected chi connectivity index (χ0v) is 57.2. The van der Waals surface area contributed by atoms with Gasteiger partial charge in [-0.15, -0.1) is 0 Å². The number of H-pyrrole nitrogens is 3. The first-order valence-corrected chi connectivity index (χ1v) is 35.2. The molecule has 3 aliphatic rings. The first-order chi connectivity index (χ1) is 49.5. The molecule has 0 unspecified atom stereocenters. The molecule has 4 aromatic carbocycles. The van der Waals surface area contributed by atoms with Crippen LogP contribution < -0.4 is 22.5 Å². The minimum atomic E-state index is -4.49. The Bertz CT molecular complexity index is 5450. The summed E-state index contributed by atoms with van der Waals surface area (Å²) in [6.45, 7) is 3.57. The zero-order chi connectivity index (χ0) is 70.5. The number of methoxy groups -OCH3 is 1. The summed E-state index contributed by atoms with van der Waals surface area (Å²) in [5.74, 6) is 4.34. The minimum Gasteiger partial charge on any atom is -0.469 e. The van der Waals surface area contributed by atoms with E-state index in [1.807, 2.05) is 58.3 Å². The second-order valence-corrected chi connectivity index (χ2v) is 27.4. The van der Waals surface area contributed by atoms with Crippen LogP contribution >= 0.6 is 22.9 Å². The van der Waals surface area contributed by atoms with E-state index in [-0.39, 0.29) is 52.8 Å². The van der Waals surface area contributed by atoms with Gasteiger partial charge in [-0.2, -0.15) is 34.7 Å². The van der Waals surface area contributed by atoms with Crippen LogP contribution in [0, 0.1) is 11.8 Å². The summed E-state index contributed by atoms with van der Waals surface area (Å²) in [6.07, 6.45) is 10.5. The van der Waals surface area contributed by atoms with Crippen molar-refractivity contribution in [3.63, 3.8) is 0 Å². The Morgan fingerprint density at radius 3 is 1.75 bits per heavy atom. The van der Waals surface area contributed by atoms with Crippen molar-refractivity contribution >= 4 is 107 Å². The van der Waals surface area contributed by atoms with Gasteiger partial charge in [0, 0.05) is 83.8 Å². The Hall–Kier alpha value is -11.2. The topological polar surface area (TPSA) is 317 Å². The lowest BCUT2D eigenvalue weighted by atomic mass is 9.81. The van der Waals surface area contributed by atoms with Gasteiger partial charge in [0.1, 0.15) is 69.6 Å². The lowest BCUT2D eigenvalue weighted by Gasteiger charge is -2.31. The van der Waals surface area contributed by atoms with Crippen molar-refractivity contribution in [2.45, 2.75) is 95.1 Å². The number of ether oxygens (including phenoxy) is 1. The Balaban J connectivity index is 0.000000125. The smallest absolute Gasteiger partial charge is 0.418 e. The average molecular weight is 1420 g/mol. The molecule has 102 heavy (non-hydrogen) atoms. The summed E-state index contributed by atoms with van der Waals surface area (Å²) < 4.78 is 51.0. The number of thiophene rings is 1. The number of piperidine rings is 1. The fourth-order valence-corrected chi connectivity index (χ4v) is 15.8. The summed E-state index contributed by atoms with van der Waals surface area (Å²) in [4.78, 5) is 75.4. The number of benzene rings is 4. The van der Waals surface area contributed by atoms with Gasteiger partial charge in [-0.3, -0.25) is 18.8 Å². The van der Waals surface area contributed by atoms with Gasteiger partial charge < -0.3 is 47.1 Å². The summed E-state index contributed by atoms with van der Waals surface area (Å²) in [5, 5.41) is 18.7. The first kappa shape index (κ1) is 66.7. The monoisotopic (exact) mass is 1410 g/mol. The number of imidazole rings is 3. The molecule has 0 radical (unpaired) electrons. The van der Waals surface area contributed by atoms with E-state index in [9.17, 15) is 27.6 Å². The number of esters is 1. The molecule has 3 fully saturated rings. The van der Waals surface area contributed by atoms with Crippen LogP contribution in [0.2, 0.25) is 5.02 Å². The predicted octanol–water partition coefficient (Wildman–Crippen LogP) is 14.4. The number of halogens is 4. The van der Waals surface area contributed by atoms with Crippen LogP contribution in [0.25, 0.3) is 94.5 Å². The van der Waals surface area contributed by atoms with Gasteiger partial charge >= 0.3 is 12.1 Å². The van der Waals surface area contributed by atoms with Crippen LogP contribution in [0.5, 0.6) is 0 Å². The Morgan fingerprint density at radius 1 is 0.627 bits per heavy atom. The Labute approximate surface area is 590 Å². The molecule has 28 heteroatoms. The second kappa shape index (κ2) is 27.7. The van der Waals surface area contributed by atoms with Crippen LogP contribution in [-0.2, 0) is 20.5 Å². The third-order valence-electron chi connectivity index (χ3n) is 20.0. The van der Waals surface area contributed by atoms with E-state index in [4.69, 9.17) is 48.5 Å². The van der Waals surface area contributed by atoms with Crippen LogP contribution in [0.4, 0.5) is 30.6 Å². The van der Waals surface area contributed by atoms with Gasteiger partial charge in [0.2, 0.25) is 5.91 Å². The zero-order valence-electron chi connectivity index (χ0n) is 55.6. The van der Waals surface area contributed by atoms with Gasteiger partial charge in [-0.25, -0.2) is 38.9 Å². The average Bonchev–Trinajstić information content (AvgIpc) is 1.62. The number of aromatic amines is 3. The Kier molecular flexibility index (Phi) is 18.1. The summed E-state index contributed by atoms with van der Waals surface area (Å²) in [5.41, 5.74) is 29.1. The molecule has 0 spiro atoms. The van der Waals surface area contributed by atoms with Crippen molar-refractivity contribution in [3.05, 3.63) is 179 Å². The number of amides is 2. The molecule has 17 rings (SSSR count). The number of carbonyl (C=O) groups is 3. The quantitative estimate of drug-likeness (QED) is 0.0592. The maximum Gasteiger partial charge on any atom is 0.418 e. The van der Waals surface area contributed by atoms with Crippen molar-refractivity contribution in [3.8, 4) is 45.3 Å². The molecule has 2 amide bonds. The highest BCUT2D eigenvalue weighted by molar-refractivity contribution is 7.08. The minimum absolute atomic E-state index is 0.00148. The molecule has 2 saturated carbocycles. The molecule has 0 bridgehead atoms. The number of nitrogens with zero attached hydrogens (tertiary/aromatic N) is 12. The summed E-state index contributed by atoms with van der Waals surface area (Å²) >= 11 is 7.89. The highest BCUT2D eigenvalue weighted by atomic mass is 35.5. The van der Waals surface area contributed by atoms with Crippen LogP contribution in [0.15, 0.2) is 145 Å². The SMILES string of the molecule is CC(=O)NCC1CCC(c2nc(-c3cc4cccc(C(F)(F)F)c4[nH]3)c3c(N)ncnn23)CC1.COC(=O)C1CCC(c2nc(-c3cc4cccc(Cl)c4[nH]3)c3c(N)ncnn23)CC1.Nc1nccn2c(C3CCN(C(=O)c4ccsc4)CC3)nc(-c3cc4cccc(-c5ccccc5)c4[nH]3)c12. The van der Waals surface area contributed by atoms with Gasteiger partial charge in [-0.05, 0) is 117 Å². The summed E-state index contributed by atoms with van der Waals surface area (Å²) in [6, 6.07) is 34.2. The number of anilines is 3. The van der Waals surface area contributed by atoms with Crippen LogP contribution in [0.1, 0.15) is 122 Å². The lowest BCUT2D eigenvalue weighted by molar-refractivity contribution is -0.146. The number of nitrogens with one attached hydrogen (secondary N) is 4. The molecule has 10 N–H and O–H groups in total. The second-order valence-electron chi connectivity index (χ2n) is 26.3. The number of nitrogen functional groups attached to an aromatic ring is 3. The van der Waals surface area contributed by atoms with Gasteiger partial charge in [0.15, 0.2) is 11.6 Å². The third kappa shape index (κ3) is 12.9. The maximum atomic E-state index is 13.5. The molecule has 2 aliphatic carbocycles. The normalized spacial score (nSPS) is 17.5. The third-order valence-corrected chi connectivity index (χ3v) is 21.0. The van der Waals surface area contributed by atoms with E-state index in [1.165, 1.54) is 32.8 Å². The number of hydrogen-bond donors (Lipinski definition) is 7. The fourth-order valence-electron chi connectivity index (χ4n) is 14.9. The predicted molar refractivity (Wildman–Crippen MR) is 387 cm³/mol. The molecular formula is C74H71ClF3N19O4S. The molecule has 1 aliphatic heterocycles. The van der Waals surface area contributed by atoms with Crippen LogP contribution in [-0.4, -0.2) is 118 Å². The van der Waals surface area contributed by atoms with Crippen molar-refractivity contribution in [2.24, 2.45) is 11.8 Å². The molecule has 520 valence electrons. The standard InChI is InChI=1S/C30H26N6OS.C23H24F3N7O.C21H21ClN6O2/c31-28-27-26(24-17-21-7-4-8-23(25(21)33-24)19-5-2-1-3-6-19)34-29(36(27)15-12-32-28)20-9-13-35(14-10-20)30(37)22-11-16-38-18-22;1-12(34)28-10-13-5-7-14(8-6-13)22-32-19(20-21(27)29-11-30-33(20)22)17-9-15-3-2-4-16(18(15)31-17)23(24,25)26;1-30-21(29)12-7-5-11(6-8-12)20-27-17(18-19(23)24-10-25-28(18)20)15-9-13-3-2-4-14(22)16(13)26-15/h1-8,11-12,15-18,20,33H,9-10,13-14H2,(H2,31,32);2-4,9,11,13-14,31H,5-8,10H2,1H3,(H,28,34)(H2,27,29,30);2-4,9-12,26H,5-8H2,1H3,(H2,23,24,25). The van der Waals surface area contributed by atoms with E-state index in [0.717, 1.165) is 143 Å². The van der Waals surface area contributed by atoms with Gasteiger partial charge in [-0.1, -0.05) is 84.4 Å². The van der Waals surface area contributed by atoms with Crippen molar-refractivity contribution in [2.75, 3.05) is 43.9 Å². The van der Waals surface area contributed by atoms with Crippen molar-refractivity contribution in [1.29, 1.82) is 0 Å². The number of carbonyl (C=O) groups excluding carboxylic acids is 3. The largest absolute Gasteiger partial charge is 0.469 e. The van der Waals surface area contributed by atoms with E-state index in [1.54, 1.807) is 38.7 Å². The first-order valence-electron chi connectivity index (χ1n) is 33.8. The number of hydrogen-bond acceptors (Lipinski definition) is 16. The number of fused-ring (bicyclic) bond motifs is 6. The van der Waals surface area contributed by atoms with E-state index < -0.39 is 11.7 Å². The van der Waals surface area contributed by atoms with Crippen LogP contribution in [0.3, 0.4) is 0 Å². The molecular weight excluding hydrogens is 1340 g/mol. The van der Waals surface area contributed by atoms with E-state index in [0.29, 0.717) is 81.5 Å². The maximum absolute atomic E-state index is 13.5. The number of aromatic nitrogens is 14. The Morgan fingerprint density at radius 2 is 1.17 bits per heavy atom. The molecule has 23 nitrogen and oxygen atoms in total. The van der Waals surface area contributed by atoms with E-state index >= 15 is 0 Å². The van der Waals surface area contributed by atoms with E-state index in [2.05, 4.69) is 98.3 Å². The highest BCUT2D eigenvalue weighted by Crippen LogP contribution is 2.44. The molecule has 11 heterocycles. The molecule has 0 atom stereocenters. The fraction of sp³-hybridized carbons (Fsp3) is 0.284. The summed E-state index contributed by atoms with van der Waals surface area (Å²) in [7, 11) is 1.44. The number of para-hydroxylation sites is 3. The number of nitrogens with two attached hydrogens (primary N) is 3. The molecule has 14 aromatic rings. The number of alkyl halides is 3. The van der Waals surface area contributed by atoms with Gasteiger partial charge in [0.05, 0.1) is 62.8 Å². The highest BCUT2D eigenvalue weighted by Gasteiger charge is 2.36. The number of likely N-dealkylation sites (tertiary alicyclic amines) is 1.